The molecule has 1 aliphatic carbocycles. The van der Waals surface area contributed by atoms with Crippen molar-refractivity contribution in [3.63, 3.8) is 0 Å². The maximum Gasteiger partial charge on any atom is 0.435 e. The highest BCUT2D eigenvalue weighted by molar-refractivity contribution is 6.36. The van der Waals surface area contributed by atoms with Gasteiger partial charge in [-0.15, -0.1) is 0 Å². The minimum absolute atomic E-state index is 0.194. The van der Waals surface area contributed by atoms with E-state index in [2.05, 4.69) is 10.4 Å². The second-order valence-electron chi connectivity index (χ2n) is 5.46. The fraction of sp³-hybridized carbons (Fsp3) is 0.333. The zero-order chi connectivity index (χ0) is 17.5. The number of aromatic nitrogens is 2. The summed E-state index contributed by atoms with van der Waals surface area (Å²) >= 11 is 11.7. The van der Waals surface area contributed by atoms with Gasteiger partial charge in [0, 0.05) is 16.3 Å². The molecule has 0 atom stereocenters. The van der Waals surface area contributed by atoms with Gasteiger partial charge in [0.25, 0.3) is 0 Å². The zero-order valence-electron chi connectivity index (χ0n) is 12.3. The monoisotopic (exact) mass is 377 g/mol. The first-order chi connectivity index (χ1) is 11.3. The van der Waals surface area contributed by atoms with Crippen LogP contribution in [0.5, 0.6) is 0 Å². The van der Waals surface area contributed by atoms with Crippen LogP contribution in [0.25, 0.3) is 0 Å². The van der Waals surface area contributed by atoms with E-state index < -0.39 is 17.8 Å². The molecule has 1 N–H and O–H groups in total. The smallest absolute Gasteiger partial charge is 0.323 e. The third-order valence-electron chi connectivity index (χ3n) is 3.77. The highest BCUT2D eigenvalue weighted by Crippen LogP contribution is 2.36. The van der Waals surface area contributed by atoms with Crippen molar-refractivity contribution >= 4 is 34.8 Å². The van der Waals surface area contributed by atoms with Crippen LogP contribution in [0.1, 0.15) is 23.4 Å². The second kappa shape index (κ2) is 6.29. The minimum Gasteiger partial charge on any atom is -0.323 e. The molecule has 1 aromatic carbocycles. The molecule has 1 aliphatic rings. The lowest BCUT2D eigenvalue weighted by Crippen LogP contribution is -2.21. The van der Waals surface area contributed by atoms with Crippen LogP contribution in [0.2, 0.25) is 10.0 Å². The van der Waals surface area contributed by atoms with Gasteiger partial charge in [0.15, 0.2) is 5.69 Å². The van der Waals surface area contributed by atoms with Crippen molar-refractivity contribution in [1.29, 1.82) is 0 Å². The summed E-state index contributed by atoms with van der Waals surface area (Å²) in [5.74, 6) is -0.509. The van der Waals surface area contributed by atoms with Crippen LogP contribution in [-0.4, -0.2) is 15.7 Å². The van der Waals surface area contributed by atoms with Gasteiger partial charge >= 0.3 is 6.18 Å². The average molecular weight is 378 g/mol. The molecule has 1 heterocycles. The molecule has 0 bridgehead atoms. The summed E-state index contributed by atoms with van der Waals surface area (Å²) in [5, 5.41) is 6.81. The number of carbonyl (C=O) groups is 1. The average Bonchev–Trinajstić information content (AvgIpc) is 3.05. The van der Waals surface area contributed by atoms with Crippen LogP contribution in [0.3, 0.4) is 0 Å². The number of hydrogen-bond acceptors (Lipinski definition) is 2. The molecule has 0 unspecified atom stereocenters. The number of rotatable bonds is 3. The normalized spacial score (nSPS) is 13.9. The largest absolute Gasteiger partial charge is 0.435 e. The Hall–Kier alpha value is -1.73. The molecule has 0 saturated heterocycles. The van der Waals surface area contributed by atoms with Gasteiger partial charge in [-0.3, -0.25) is 9.48 Å². The number of carbonyl (C=O) groups excluding carboxylic acids is 1. The third kappa shape index (κ3) is 3.37. The topological polar surface area (TPSA) is 46.9 Å². The molecular formula is C15H12Cl2F3N3O. The number of benzene rings is 1. The van der Waals surface area contributed by atoms with Crippen molar-refractivity contribution in [3.05, 3.63) is 45.2 Å². The fourth-order valence-corrected chi connectivity index (χ4v) is 3.24. The van der Waals surface area contributed by atoms with E-state index in [-0.39, 0.29) is 17.1 Å². The number of anilines is 1. The van der Waals surface area contributed by atoms with E-state index in [9.17, 15) is 18.0 Å². The van der Waals surface area contributed by atoms with Crippen molar-refractivity contribution < 1.29 is 18.0 Å². The summed E-state index contributed by atoms with van der Waals surface area (Å²) in [7, 11) is 0. The summed E-state index contributed by atoms with van der Waals surface area (Å²) in [4.78, 5) is 12.1. The van der Waals surface area contributed by atoms with Crippen molar-refractivity contribution in [2.75, 3.05) is 5.32 Å². The molecule has 0 spiro atoms. The van der Waals surface area contributed by atoms with Gasteiger partial charge < -0.3 is 5.32 Å². The lowest BCUT2D eigenvalue weighted by molar-refractivity contribution is -0.142. The first kappa shape index (κ1) is 17.1. The van der Waals surface area contributed by atoms with E-state index in [1.54, 1.807) is 6.07 Å². The van der Waals surface area contributed by atoms with E-state index in [1.807, 2.05) is 0 Å². The zero-order valence-corrected chi connectivity index (χ0v) is 13.8. The van der Waals surface area contributed by atoms with Gasteiger partial charge in [0.1, 0.15) is 6.54 Å². The number of nitrogens with zero attached hydrogens (tertiary/aromatic N) is 2. The molecule has 9 heteroatoms. The molecule has 128 valence electrons. The van der Waals surface area contributed by atoms with Gasteiger partial charge in [-0.1, -0.05) is 23.2 Å². The Bertz CT molecular complexity index is 802. The lowest BCUT2D eigenvalue weighted by atomic mass is 10.2. The Labute approximate surface area is 145 Å². The van der Waals surface area contributed by atoms with Crippen molar-refractivity contribution in [1.82, 2.24) is 9.78 Å². The molecule has 2 aromatic rings. The van der Waals surface area contributed by atoms with E-state index in [0.29, 0.717) is 35.7 Å². The second-order valence-corrected chi connectivity index (χ2v) is 6.30. The Kier molecular flexibility index (Phi) is 4.48. The molecule has 0 radical (unpaired) electrons. The van der Waals surface area contributed by atoms with Gasteiger partial charge in [0.05, 0.1) is 10.7 Å². The van der Waals surface area contributed by atoms with Gasteiger partial charge in [-0.2, -0.15) is 18.3 Å². The van der Waals surface area contributed by atoms with Crippen LogP contribution in [0.15, 0.2) is 18.2 Å². The molecule has 1 aromatic heterocycles. The maximum absolute atomic E-state index is 13.0. The van der Waals surface area contributed by atoms with E-state index in [4.69, 9.17) is 23.2 Å². The number of nitrogens with one attached hydrogen (secondary N) is 1. The van der Waals surface area contributed by atoms with Crippen LogP contribution < -0.4 is 5.32 Å². The summed E-state index contributed by atoms with van der Waals surface area (Å²) < 4.78 is 40.2. The Morgan fingerprint density at radius 1 is 1.29 bits per heavy atom. The molecule has 0 aliphatic heterocycles. The Balaban J connectivity index is 1.80. The molecule has 3 rings (SSSR count). The number of amides is 1. The van der Waals surface area contributed by atoms with Gasteiger partial charge in [-0.25, -0.2) is 0 Å². The lowest BCUT2D eigenvalue weighted by Gasteiger charge is -2.09. The SMILES string of the molecule is O=C(Cn1nc(C(F)(F)F)c2c1CCC2)Nc1ccc(Cl)cc1Cl. The summed E-state index contributed by atoms with van der Waals surface area (Å²) in [6, 6.07) is 4.54. The van der Waals surface area contributed by atoms with Gasteiger partial charge in [-0.05, 0) is 37.5 Å². The number of halogens is 5. The summed E-state index contributed by atoms with van der Waals surface area (Å²) in [6.07, 6.45) is -3.08. The number of fused-ring (bicyclic) bond motifs is 1. The summed E-state index contributed by atoms with van der Waals surface area (Å²) in [6.45, 7) is -0.308. The van der Waals surface area contributed by atoms with Crippen LogP contribution in [0.4, 0.5) is 18.9 Å². The standard InChI is InChI=1S/C15H12Cl2F3N3O/c16-8-4-5-11(10(17)6-8)21-13(24)7-23-12-3-1-2-9(12)14(22-23)15(18,19)20/h4-6H,1-3,7H2,(H,21,24). The molecule has 24 heavy (non-hydrogen) atoms. The minimum atomic E-state index is -4.52. The highest BCUT2D eigenvalue weighted by Gasteiger charge is 2.40. The fourth-order valence-electron chi connectivity index (χ4n) is 2.78. The van der Waals surface area contributed by atoms with Crippen molar-refractivity contribution in [2.45, 2.75) is 32.0 Å². The third-order valence-corrected chi connectivity index (χ3v) is 4.32. The maximum atomic E-state index is 13.0. The first-order valence-corrected chi connectivity index (χ1v) is 7.92. The van der Waals surface area contributed by atoms with E-state index >= 15 is 0 Å². The first-order valence-electron chi connectivity index (χ1n) is 7.16. The molecule has 1 amide bonds. The Morgan fingerprint density at radius 3 is 2.71 bits per heavy atom. The van der Waals surface area contributed by atoms with Crippen molar-refractivity contribution in [3.8, 4) is 0 Å². The Morgan fingerprint density at radius 2 is 2.04 bits per heavy atom. The van der Waals surface area contributed by atoms with Crippen LogP contribution in [0, 0.1) is 0 Å². The van der Waals surface area contributed by atoms with E-state index in [0.717, 1.165) is 4.68 Å². The van der Waals surface area contributed by atoms with Crippen LogP contribution >= 0.6 is 23.2 Å². The molecular weight excluding hydrogens is 366 g/mol. The van der Waals surface area contributed by atoms with Crippen LogP contribution in [-0.2, 0) is 30.4 Å². The molecule has 0 saturated carbocycles. The van der Waals surface area contributed by atoms with E-state index in [1.165, 1.54) is 12.1 Å². The predicted molar refractivity (Wildman–Crippen MR) is 84.3 cm³/mol. The van der Waals surface area contributed by atoms with Crippen molar-refractivity contribution in [2.24, 2.45) is 0 Å². The summed E-state index contributed by atoms with van der Waals surface area (Å²) in [5.41, 5.74) is 0.109. The number of alkyl halides is 3. The molecule has 0 fully saturated rings. The van der Waals surface area contributed by atoms with Gasteiger partial charge in [0.2, 0.25) is 5.91 Å². The highest BCUT2D eigenvalue weighted by atomic mass is 35.5. The number of hydrogen-bond donors (Lipinski definition) is 1. The molecule has 4 nitrogen and oxygen atoms in total. The quantitative estimate of drug-likeness (QED) is 0.864. The predicted octanol–water partition coefficient (Wildman–Crippen LogP) is 4.34.